The van der Waals surface area contributed by atoms with Crippen molar-refractivity contribution in [3.63, 3.8) is 0 Å². The Balaban J connectivity index is 3.32. The van der Waals surface area contributed by atoms with Crippen LogP contribution in [0.15, 0.2) is 18.2 Å². The Morgan fingerprint density at radius 2 is 1.68 bits per heavy atom. The topological polar surface area (TPSA) is 12.0 Å². The summed E-state index contributed by atoms with van der Waals surface area (Å²) in [6.07, 6.45) is -5.88. The molecule has 0 radical (unpaired) electrons. The van der Waals surface area contributed by atoms with E-state index in [1.807, 2.05) is 5.32 Å². The Hall–Kier alpha value is -1.31. The Morgan fingerprint density at radius 1 is 1.11 bits per heavy atom. The largest absolute Gasteiger partial charge is 0.455 e. The Morgan fingerprint density at radius 3 is 2.16 bits per heavy atom. The number of rotatable bonds is 4. The minimum absolute atomic E-state index is 0.272. The molecule has 0 amide bonds. The Labute approximate surface area is 104 Å². The molecule has 0 fully saturated rings. The fourth-order valence-electron chi connectivity index (χ4n) is 1.54. The van der Waals surface area contributed by atoms with Crippen LogP contribution >= 0.6 is 0 Å². The standard InChI is InChI=1S/C11H10F7N/c1-2-19-9(10(14,15)11(16,17)18)7-5-6(12)3-4-8(7)13/h3-5,9,19H,2H2,1H3. The molecule has 0 aliphatic rings. The van der Waals surface area contributed by atoms with Crippen LogP contribution < -0.4 is 5.32 Å². The molecule has 8 heteroatoms. The molecule has 1 rings (SSSR count). The molecule has 1 aromatic carbocycles. The molecule has 0 bridgehead atoms. The van der Waals surface area contributed by atoms with Crippen LogP contribution in [-0.2, 0) is 0 Å². The Kier molecular flexibility index (Phi) is 4.44. The van der Waals surface area contributed by atoms with Crippen molar-refractivity contribution in [2.45, 2.75) is 25.1 Å². The molecule has 0 aliphatic heterocycles. The van der Waals surface area contributed by atoms with E-state index in [4.69, 9.17) is 0 Å². The van der Waals surface area contributed by atoms with E-state index in [9.17, 15) is 30.7 Å². The summed E-state index contributed by atoms with van der Waals surface area (Å²) in [5.41, 5.74) is -1.07. The number of alkyl halides is 5. The first-order chi connectivity index (χ1) is 8.61. The number of benzene rings is 1. The van der Waals surface area contributed by atoms with E-state index in [-0.39, 0.29) is 6.54 Å². The molecular weight excluding hydrogens is 279 g/mol. The normalized spacial score (nSPS) is 14.5. The number of hydrogen-bond donors (Lipinski definition) is 1. The number of halogens is 7. The lowest BCUT2D eigenvalue weighted by Crippen LogP contribution is -2.48. The van der Waals surface area contributed by atoms with Gasteiger partial charge in [0, 0.05) is 5.56 Å². The second-order valence-electron chi connectivity index (χ2n) is 3.78. The molecular formula is C11H10F7N. The quantitative estimate of drug-likeness (QED) is 0.831. The van der Waals surface area contributed by atoms with Crippen LogP contribution in [0.4, 0.5) is 30.7 Å². The Bertz CT molecular complexity index is 441. The average molecular weight is 289 g/mol. The third-order valence-corrected chi connectivity index (χ3v) is 2.42. The highest BCUT2D eigenvalue weighted by Crippen LogP contribution is 2.45. The minimum atomic E-state index is -5.88. The van der Waals surface area contributed by atoms with Crippen molar-refractivity contribution in [1.29, 1.82) is 0 Å². The highest BCUT2D eigenvalue weighted by molar-refractivity contribution is 5.25. The van der Waals surface area contributed by atoms with Gasteiger partial charge in [-0.3, -0.25) is 0 Å². The lowest BCUT2D eigenvalue weighted by molar-refractivity contribution is -0.294. The molecule has 0 saturated heterocycles. The maximum absolute atomic E-state index is 13.4. The summed E-state index contributed by atoms with van der Waals surface area (Å²) in [4.78, 5) is 0. The van der Waals surface area contributed by atoms with Crippen molar-refractivity contribution in [2.24, 2.45) is 0 Å². The SMILES string of the molecule is CCNC(c1cc(F)ccc1F)C(F)(F)C(F)(F)F. The van der Waals surface area contributed by atoms with E-state index in [1.165, 1.54) is 6.92 Å². The lowest BCUT2D eigenvalue weighted by Gasteiger charge is -2.29. The second kappa shape index (κ2) is 5.36. The van der Waals surface area contributed by atoms with Gasteiger partial charge in [-0.25, -0.2) is 8.78 Å². The van der Waals surface area contributed by atoms with Crippen molar-refractivity contribution in [3.8, 4) is 0 Å². The monoisotopic (exact) mass is 289 g/mol. The number of nitrogens with one attached hydrogen (secondary N) is 1. The van der Waals surface area contributed by atoms with Gasteiger partial charge in [-0.2, -0.15) is 22.0 Å². The molecule has 0 aromatic heterocycles. The van der Waals surface area contributed by atoms with Gasteiger partial charge in [0.15, 0.2) is 0 Å². The zero-order chi connectivity index (χ0) is 14.8. The number of hydrogen-bond acceptors (Lipinski definition) is 1. The average Bonchev–Trinajstić information content (AvgIpc) is 2.28. The molecule has 1 N–H and O–H groups in total. The lowest BCUT2D eigenvalue weighted by atomic mass is 9.99. The molecule has 0 spiro atoms. The summed E-state index contributed by atoms with van der Waals surface area (Å²) in [6, 6.07) is -1.23. The van der Waals surface area contributed by atoms with Gasteiger partial charge in [0.2, 0.25) is 0 Å². The summed E-state index contributed by atoms with van der Waals surface area (Å²) in [7, 11) is 0. The smallest absolute Gasteiger partial charge is 0.305 e. The van der Waals surface area contributed by atoms with Gasteiger partial charge in [0.25, 0.3) is 0 Å². The van der Waals surface area contributed by atoms with Crippen molar-refractivity contribution >= 4 is 0 Å². The van der Waals surface area contributed by atoms with Gasteiger partial charge in [0.1, 0.15) is 17.7 Å². The predicted molar refractivity (Wildman–Crippen MR) is 53.8 cm³/mol. The van der Waals surface area contributed by atoms with Gasteiger partial charge >= 0.3 is 12.1 Å². The van der Waals surface area contributed by atoms with Crippen molar-refractivity contribution in [2.75, 3.05) is 6.54 Å². The summed E-state index contributed by atoms with van der Waals surface area (Å²) in [5, 5.41) is 1.84. The zero-order valence-corrected chi connectivity index (χ0v) is 9.66. The highest BCUT2D eigenvalue weighted by Gasteiger charge is 2.63. The highest BCUT2D eigenvalue weighted by atomic mass is 19.4. The van der Waals surface area contributed by atoms with E-state index < -0.39 is 35.3 Å². The van der Waals surface area contributed by atoms with Crippen LogP contribution in [0, 0.1) is 11.6 Å². The van der Waals surface area contributed by atoms with E-state index >= 15 is 0 Å². The third-order valence-electron chi connectivity index (χ3n) is 2.42. The maximum Gasteiger partial charge on any atom is 0.455 e. The summed E-state index contributed by atoms with van der Waals surface area (Å²) in [5.74, 6) is -7.66. The van der Waals surface area contributed by atoms with Crippen molar-refractivity contribution in [3.05, 3.63) is 35.4 Å². The van der Waals surface area contributed by atoms with Crippen LogP contribution in [-0.4, -0.2) is 18.6 Å². The van der Waals surface area contributed by atoms with Crippen LogP contribution in [0.1, 0.15) is 18.5 Å². The van der Waals surface area contributed by atoms with Crippen LogP contribution in [0.25, 0.3) is 0 Å². The predicted octanol–water partition coefficient (Wildman–Crippen LogP) is 3.81. The van der Waals surface area contributed by atoms with Crippen LogP contribution in [0.3, 0.4) is 0 Å². The molecule has 0 aliphatic carbocycles. The first kappa shape index (κ1) is 15.7. The van der Waals surface area contributed by atoms with Gasteiger partial charge in [-0.05, 0) is 24.7 Å². The molecule has 108 valence electrons. The molecule has 1 aromatic rings. The fourth-order valence-corrected chi connectivity index (χ4v) is 1.54. The summed E-state index contributed by atoms with van der Waals surface area (Å²) >= 11 is 0. The van der Waals surface area contributed by atoms with Crippen LogP contribution in [0.2, 0.25) is 0 Å². The molecule has 19 heavy (non-hydrogen) atoms. The van der Waals surface area contributed by atoms with Crippen molar-refractivity contribution in [1.82, 2.24) is 5.32 Å². The third kappa shape index (κ3) is 3.17. The second-order valence-corrected chi connectivity index (χ2v) is 3.78. The molecule has 1 nitrogen and oxygen atoms in total. The van der Waals surface area contributed by atoms with Gasteiger partial charge in [-0.15, -0.1) is 0 Å². The van der Waals surface area contributed by atoms with E-state index in [0.717, 1.165) is 0 Å². The van der Waals surface area contributed by atoms with E-state index in [2.05, 4.69) is 0 Å². The van der Waals surface area contributed by atoms with Gasteiger partial charge in [0.05, 0.1) is 0 Å². The van der Waals surface area contributed by atoms with E-state index in [1.54, 1.807) is 0 Å². The first-order valence-electron chi connectivity index (χ1n) is 5.24. The summed E-state index contributed by atoms with van der Waals surface area (Å²) in [6.45, 7) is 1.00. The van der Waals surface area contributed by atoms with Gasteiger partial charge in [-0.1, -0.05) is 6.92 Å². The minimum Gasteiger partial charge on any atom is -0.305 e. The zero-order valence-electron chi connectivity index (χ0n) is 9.66. The van der Waals surface area contributed by atoms with Crippen LogP contribution in [0.5, 0.6) is 0 Å². The first-order valence-corrected chi connectivity index (χ1v) is 5.24. The molecule has 1 atom stereocenters. The molecule has 1 unspecified atom stereocenters. The molecule has 0 heterocycles. The van der Waals surface area contributed by atoms with Gasteiger partial charge < -0.3 is 5.32 Å². The maximum atomic E-state index is 13.4. The van der Waals surface area contributed by atoms with E-state index in [0.29, 0.717) is 18.2 Å². The fraction of sp³-hybridized carbons (Fsp3) is 0.455. The van der Waals surface area contributed by atoms with Crippen molar-refractivity contribution < 1.29 is 30.7 Å². The summed E-state index contributed by atoms with van der Waals surface area (Å²) < 4.78 is 89.8. The molecule has 0 saturated carbocycles.